The molecule has 0 bridgehead atoms. The van der Waals surface area contributed by atoms with Gasteiger partial charge in [0.15, 0.2) is 11.9 Å². The molecule has 0 aliphatic carbocycles. The molecular weight excluding hydrogens is 472 g/mol. The van der Waals surface area contributed by atoms with Crippen LogP contribution in [0.2, 0.25) is 0 Å². The van der Waals surface area contributed by atoms with Gasteiger partial charge in [-0.1, -0.05) is 18.2 Å². The Morgan fingerprint density at radius 2 is 2.11 bits per heavy atom. The number of aromatic nitrogens is 4. The second-order valence-corrected chi connectivity index (χ2v) is 10.2. The molecular formula is C27H28N6O4. The van der Waals surface area contributed by atoms with Crippen LogP contribution < -0.4 is 10.9 Å². The monoisotopic (exact) mass is 500 g/mol. The summed E-state index contributed by atoms with van der Waals surface area (Å²) in [6, 6.07) is 13.0. The standard InChI is InChI=1S/C27H28N6O4/c1-27(2,3)37-26(35)22-9-8-17(15-36-22)21(13-28)33-20-10-11-29-25(34)23(20)24(32-33)31-18-12-16-6-4-5-7-19(16)30-14-18/h4-7,10-12,14,17,21-22H,8-9,15H2,1-3H3,(H,29,34)(H,31,32)/t17-,21?,22?/m0/s1. The fourth-order valence-electron chi connectivity index (χ4n) is 4.61. The quantitative estimate of drug-likeness (QED) is 0.389. The van der Waals surface area contributed by atoms with Gasteiger partial charge in [-0.2, -0.15) is 10.4 Å². The number of nitriles is 1. The highest BCUT2D eigenvalue weighted by molar-refractivity contribution is 5.92. The SMILES string of the molecule is CC(C)(C)OC(=O)C1CC[C@H](C(C#N)n2nc(Nc3cnc4ccccc4c3)c3c(=O)[nH]ccc32)CO1. The molecule has 4 heterocycles. The summed E-state index contributed by atoms with van der Waals surface area (Å²) in [4.78, 5) is 32.4. The number of nitrogens with one attached hydrogen (secondary N) is 2. The molecule has 37 heavy (non-hydrogen) atoms. The van der Waals surface area contributed by atoms with Crippen molar-refractivity contribution in [2.45, 2.75) is 51.4 Å². The molecule has 0 amide bonds. The number of H-pyrrole nitrogens is 1. The van der Waals surface area contributed by atoms with E-state index < -0.39 is 23.7 Å². The minimum atomic E-state index is -0.700. The molecule has 0 radical (unpaired) electrons. The third kappa shape index (κ3) is 5.04. The molecule has 1 aliphatic rings. The maximum absolute atomic E-state index is 12.8. The van der Waals surface area contributed by atoms with E-state index in [4.69, 9.17) is 9.47 Å². The summed E-state index contributed by atoms with van der Waals surface area (Å²) in [6.07, 6.45) is 3.56. The summed E-state index contributed by atoms with van der Waals surface area (Å²) >= 11 is 0. The van der Waals surface area contributed by atoms with E-state index in [1.54, 1.807) is 16.9 Å². The Kier molecular flexibility index (Phi) is 6.39. The fraction of sp³-hybridized carbons (Fsp3) is 0.370. The van der Waals surface area contributed by atoms with Crippen LogP contribution in [0.25, 0.3) is 21.8 Å². The normalized spacial score (nSPS) is 18.9. The van der Waals surface area contributed by atoms with Gasteiger partial charge in [-0.25, -0.2) is 9.48 Å². The van der Waals surface area contributed by atoms with Gasteiger partial charge >= 0.3 is 5.97 Å². The van der Waals surface area contributed by atoms with E-state index in [0.29, 0.717) is 35.2 Å². The van der Waals surface area contributed by atoms with Crippen LogP contribution in [-0.4, -0.2) is 44.0 Å². The molecule has 10 nitrogen and oxygen atoms in total. The molecule has 1 aromatic carbocycles. The van der Waals surface area contributed by atoms with E-state index in [9.17, 15) is 14.9 Å². The number of anilines is 2. The van der Waals surface area contributed by atoms with Gasteiger partial charge in [0.1, 0.15) is 17.0 Å². The summed E-state index contributed by atoms with van der Waals surface area (Å²) < 4.78 is 12.8. The van der Waals surface area contributed by atoms with Crippen LogP contribution in [0.15, 0.2) is 53.6 Å². The van der Waals surface area contributed by atoms with Crippen LogP contribution in [0.4, 0.5) is 11.5 Å². The van der Waals surface area contributed by atoms with Crippen molar-refractivity contribution in [2.75, 3.05) is 11.9 Å². The van der Waals surface area contributed by atoms with Gasteiger partial charge in [-0.15, -0.1) is 0 Å². The zero-order valence-electron chi connectivity index (χ0n) is 20.9. The van der Waals surface area contributed by atoms with Crippen LogP contribution in [0.1, 0.15) is 39.7 Å². The Morgan fingerprint density at radius 1 is 1.30 bits per heavy atom. The van der Waals surface area contributed by atoms with E-state index in [-0.39, 0.29) is 18.1 Å². The van der Waals surface area contributed by atoms with E-state index in [1.165, 1.54) is 6.20 Å². The number of pyridine rings is 2. The molecule has 3 aromatic heterocycles. The molecule has 0 spiro atoms. The number of rotatable bonds is 5. The second kappa shape index (κ2) is 9.67. The molecule has 1 saturated heterocycles. The molecule has 5 rings (SSSR count). The Bertz CT molecular complexity index is 1550. The first-order chi connectivity index (χ1) is 17.7. The zero-order valence-corrected chi connectivity index (χ0v) is 20.9. The second-order valence-electron chi connectivity index (χ2n) is 10.2. The summed E-state index contributed by atoms with van der Waals surface area (Å²) in [7, 11) is 0. The number of esters is 1. The molecule has 1 fully saturated rings. The largest absolute Gasteiger partial charge is 0.458 e. The number of para-hydroxylation sites is 1. The number of hydrogen-bond acceptors (Lipinski definition) is 8. The van der Waals surface area contributed by atoms with Crippen LogP contribution in [0.3, 0.4) is 0 Å². The first-order valence-electron chi connectivity index (χ1n) is 12.2. The number of hydrogen-bond donors (Lipinski definition) is 2. The number of carbonyl (C=O) groups excluding carboxylic acids is 1. The molecule has 3 atom stereocenters. The highest BCUT2D eigenvalue weighted by Crippen LogP contribution is 2.33. The first-order valence-corrected chi connectivity index (χ1v) is 12.2. The maximum atomic E-state index is 12.8. The van der Waals surface area contributed by atoms with Crippen molar-refractivity contribution >= 4 is 39.3 Å². The van der Waals surface area contributed by atoms with Gasteiger partial charge in [0.25, 0.3) is 5.56 Å². The molecule has 0 saturated carbocycles. The smallest absolute Gasteiger partial charge is 0.335 e. The maximum Gasteiger partial charge on any atom is 0.335 e. The van der Waals surface area contributed by atoms with Gasteiger partial charge < -0.3 is 19.8 Å². The van der Waals surface area contributed by atoms with E-state index in [2.05, 4.69) is 26.5 Å². The van der Waals surface area contributed by atoms with Crippen molar-refractivity contribution in [3.05, 3.63) is 59.1 Å². The lowest BCUT2D eigenvalue weighted by Crippen LogP contribution is -2.39. The van der Waals surface area contributed by atoms with Crippen LogP contribution in [0.5, 0.6) is 0 Å². The van der Waals surface area contributed by atoms with Gasteiger partial charge in [0.2, 0.25) is 0 Å². The summed E-state index contributed by atoms with van der Waals surface area (Å²) in [5, 5.41) is 19.3. The Labute approximate surface area is 213 Å². The molecule has 1 aliphatic heterocycles. The minimum absolute atomic E-state index is 0.198. The number of carbonyl (C=O) groups is 1. The Morgan fingerprint density at radius 3 is 2.84 bits per heavy atom. The average Bonchev–Trinajstić information content (AvgIpc) is 3.23. The van der Waals surface area contributed by atoms with Crippen molar-refractivity contribution < 1.29 is 14.3 Å². The lowest BCUT2D eigenvalue weighted by atomic mass is 9.92. The zero-order chi connectivity index (χ0) is 26.2. The highest BCUT2D eigenvalue weighted by Gasteiger charge is 2.36. The molecule has 2 N–H and O–H groups in total. The predicted octanol–water partition coefficient (Wildman–Crippen LogP) is 4.22. The van der Waals surface area contributed by atoms with Crippen molar-refractivity contribution in [1.29, 1.82) is 5.26 Å². The van der Waals surface area contributed by atoms with Gasteiger partial charge in [-0.05, 0) is 51.8 Å². The lowest BCUT2D eigenvalue weighted by molar-refractivity contribution is -0.173. The molecule has 2 unspecified atom stereocenters. The topological polar surface area (TPSA) is 135 Å². The number of nitrogens with zero attached hydrogens (tertiary/aromatic N) is 4. The van der Waals surface area contributed by atoms with Crippen molar-refractivity contribution in [2.24, 2.45) is 5.92 Å². The van der Waals surface area contributed by atoms with Gasteiger partial charge in [0.05, 0.1) is 35.6 Å². The summed E-state index contributed by atoms with van der Waals surface area (Å²) in [6.45, 7) is 5.63. The summed E-state index contributed by atoms with van der Waals surface area (Å²) in [5.41, 5.74) is 1.13. The predicted molar refractivity (Wildman–Crippen MR) is 138 cm³/mol. The van der Waals surface area contributed by atoms with Gasteiger partial charge in [-0.3, -0.25) is 9.78 Å². The number of ether oxygens (including phenoxy) is 2. The number of benzene rings is 1. The number of aromatic amines is 1. The third-order valence-corrected chi connectivity index (χ3v) is 6.31. The fourth-order valence-corrected chi connectivity index (χ4v) is 4.61. The van der Waals surface area contributed by atoms with Crippen molar-refractivity contribution in [3.63, 3.8) is 0 Å². The molecule has 10 heteroatoms. The van der Waals surface area contributed by atoms with Crippen LogP contribution in [0, 0.1) is 17.2 Å². The van der Waals surface area contributed by atoms with Crippen LogP contribution in [-0.2, 0) is 14.3 Å². The highest BCUT2D eigenvalue weighted by atomic mass is 16.6. The summed E-state index contributed by atoms with van der Waals surface area (Å²) in [5.74, 6) is -0.287. The average molecular weight is 501 g/mol. The Hall–Kier alpha value is -4.23. The van der Waals surface area contributed by atoms with Crippen LogP contribution >= 0.6 is 0 Å². The van der Waals surface area contributed by atoms with Crippen molar-refractivity contribution in [1.82, 2.24) is 19.7 Å². The Balaban J connectivity index is 1.42. The lowest BCUT2D eigenvalue weighted by Gasteiger charge is -2.32. The molecule has 4 aromatic rings. The number of fused-ring (bicyclic) bond motifs is 2. The van der Waals surface area contributed by atoms with E-state index >= 15 is 0 Å². The third-order valence-electron chi connectivity index (χ3n) is 6.31. The van der Waals surface area contributed by atoms with E-state index in [0.717, 1.165) is 10.9 Å². The first kappa shape index (κ1) is 24.5. The van der Waals surface area contributed by atoms with Crippen molar-refractivity contribution in [3.8, 4) is 6.07 Å². The van der Waals surface area contributed by atoms with E-state index in [1.807, 2.05) is 51.1 Å². The van der Waals surface area contributed by atoms with Gasteiger partial charge in [0, 0.05) is 17.5 Å². The minimum Gasteiger partial charge on any atom is -0.458 e. The molecule has 190 valence electrons.